The Morgan fingerprint density at radius 2 is 2.05 bits per heavy atom. The van der Waals surface area contributed by atoms with E-state index in [1.165, 1.54) is 16.4 Å². The van der Waals surface area contributed by atoms with Gasteiger partial charge in [0, 0.05) is 12.1 Å². The fraction of sp³-hybridized carbons (Fsp3) is 0.370. The number of hydrogen-bond donors (Lipinski definition) is 2. The Kier molecular flexibility index (Phi) is 6.26. The lowest BCUT2D eigenvalue weighted by Crippen LogP contribution is -2.34. The van der Waals surface area contributed by atoms with Crippen LogP contribution in [0.15, 0.2) is 49.2 Å². The van der Waals surface area contributed by atoms with E-state index >= 15 is 0 Å². The van der Waals surface area contributed by atoms with E-state index in [9.17, 15) is 9.18 Å². The first-order valence-corrected chi connectivity index (χ1v) is 12.9. The Morgan fingerprint density at radius 1 is 1.21 bits per heavy atom. The molecule has 1 aliphatic rings. The minimum absolute atomic E-state index is 0.0436. The van der Waals surface area contributed by atoms with E-state index in [0.717, 1.165) is 59.7 Å². The fourth-order valence-electron chi connectivity index (χ4n) is 5.42. The van der Waals surface area contributed by atoms with Crippen LogP contribution < -0.4 is 10.1 Å². The molecule has 6 rings (SSSR count). The van der Waals surface area contributed by atoms with Crippen LogP contribution in [0.1, 0.15) is 62.6 Å². The molecule has 2 N–H and O–H groups in total. The van der Waals surface area contributed by atoms with E-state index in [4.69, 9.17) is 4.74 Å². The summed E-state index contributed by atoms with van der Waals surface area (Å²) in [6.07, 6.45) is 11.2. The van der Waals surface area contributed by atoms with Crippen molar-refractivity contribution >= 4 is 22.5 Å². The smallest absolute Gasteiger partial charge is 0.223 e. The van der Waals surface area contributed by atoms with Gasteiger partial charge in [-0.1, -0.05) is 6.07 Å². The van der Waals surface area contributed by atoms with E-state index < -0.39 is 5.82 Å². The number of carbonyl (C=O) groups excluding carboxylic acids is 1. The average Bonchev–Trinajstić information content (AvgIpc) is 3.65. The highest BCUT2D eigenvalue weighted by molar-refractivity contribution is 5.94. The number of halogens is 1. The van der Waals surface area contributed by atoms with Crippen LogP contribution in [0.25, 0.3) is 22.4 Å². The summed E-state index contributed by atoms with van der Waals surface area (Å²) >= 11 is 0. The molecule has 1 aliphatic carbocycles. The maximum Gasteiger partial charge on any atom is 0.223 e. The number of ether oxygens (including phenoxy) is 1. The highest BCUT2D eigenvalue weighted by Gasteiger charge is 2.30. The molecule has 0 bridgehead atoms. The predicted molar refractivity (Wildman–Crippen MR) is 139 cm³/mol. The van der Waals surface area contributed by atoms with Gasteiger partial charge in [0.25, 0.3) is 0 Å². The third kappa shape index (κ3) is 4.48. The molecule has 0 saturated heterocycles. The highest BCUT2D eigenvalue weighted by atomic mass is 19.1. The Morgan fingerprint density at radius 3 is 2.76 bits per heavy atom. The number of carbonyl (C=O) groups is 1. The second-order valence-electron chi connectivity index (χ2n) is 9.82. The van der Waals surface area contributed by atoms with Crippen molar-refractivity contribution in [1.82, 2.24) is 39.9 Å². The molecule has 0 unspecified atom stereocenters. The van der Waals surface area contributed by atoms with E-state index in [-0.39, 0.29) is 17.9 Å². The topological polar surface area (TPSA) is 115 Å². The maximum absolute atomic E-state index is 13.2. The van der Waals surface area contributed by atoms with Crippen LogP contribution >= 0.6 is 0 Å². The number of nitrogens with zero attached hydrogens (tertiary/aromatic N) is 6. The summed E-state index contributed by atoms with van der Waals surface area (Å²) in [5.41, 5.74) is 3.87. The van der Waals surface area contributed by atoms with Gasteiger partial charge in [-0.15, -0.1) is 5.10 Å². The maximum atomic E-state index is 13.2. The number of hydrogen-bond acceptors (Lipinski definition) is 6. The summed E-state index contributed by atoms with van der Waals surface area (Å²) in [6, 6.07) is 5.57. The van der Waals surface area contributed by atoms with E-state index in [0.29, 0.717) is 18.3 Å². The molecular formula is C27H29FN8O2. The standard InChI is InChI=1S/C27H29FN8O2/c1-3-38-21-10-22(25-23-13-30-33-26(23)34-36(25)15-21)17-4-6-18(7-5-17)27(37)32-16(2)19-8-9-24(29-11-19)35-14-20(28)12-31-35/h8-18H,3-7H2,1-2H3,(H,32,37)(H,33,34)/t16-,17?,18?/m0/s1. The summed E-state index contributed by atoms with van der Waals surface area (Å²) in [5, 5.41) is 19.8. The zero-order chi connectivity index (χ0) is 26.2. The summed E-state index contributed by atoms with van der Waals surface area (Å²) in [6.45, 7) is 4.49. The van der Waals surface area contributed by atoms with Crippen LogP contribution in [-0.4, -0.2) is 47.1 Å². The summed E-state index contributed by atoms with van der Waals surface area (Å²) in [5.74, 6) is 1.21. The lowest BCUT2D eigenvalue weighted by molar-refractivity contribution is -0.126. The van der Waals surface area contributed by atoms with Gasteiger partial charge in [0.1, 0.15) is 5.75 Å². The van der Waals surface area contributed by atoms with E-state index in [1.807, 2.05) is 36.8 Å². The Bertz CT molecular complexity index is 1580. The molecular weight excluding hydrogens is 487 g/mol. The van der Waals surface area contributed by atoms with Crippen LogP contribution in [0.2, 0.25) is 0 Å². The molecule has 5 aromatic heterocycles. The van der Waals surface area contributed by atoms with Crippen molar-refractivity contribution in [3.8, 4) is 11.6 Å². The molecule has 38 heavy (non-hydrogen) atoms. The molecule has 196 valence electrons. The molecule has 0 aliphatic heterocycles. The molecule has 0 aromatic carbocycles. The predicted octanol–water partition coefficient (Wildman–Crippen LogP) is 4.48. The second kappa shape index (κ2) is 9.88. The number of pyridine rings is 2. The Labute approximate surface area is 218 Å². The number of nitrogens with one attached hydrogen (secondary N) is 2. The Balaban J connectivity index is 1.12. The fourth-order valence-corrected chi connectivity index (χ4v) is 5.42. The van der Waals surface area contributed by atoms with Gasteiger partial charge in [-0.25, -0.2) is 18.6 Å². The van der Waals surface area contributed by atoms with Crippen LogP contribution in [0.3, 0.4) is 0 Å². The molecule has 5 aromatic rings. The molecule has 1 saturated carbocycles. The molecule has 1 amide bonds. The zero-order valence-corrected chi connectivity index (χ0v) is 21.3. The van der Waals surface area contributed by atoms with E-state index in [1.54, 1.807) is 12.3 Å². The van der Waals surface area contributed by atoms with Crippen molar-refractivity contribution in [3.05, 3.63) is 66.1 Å². The molecule has 5 heterocycles. The number of amides is 1. The number of fused-ring (bicyclic) bond motifs is 3. The first kappa shape index (κ1) is 24.1. The molecule has 1 atom stereocenters. The van der Waals surface area contributed by atoms with Crippen molar-refractivity contribution in [2.24, 2.45) is 5.92 Å². The average molecular weight is 517 g/mol. The van der Waals surface area contributed by atoms with Crippen molar-refractivity contribution in [2.75, 3.05) is 6.61 Å². The van der Waals surface area contributed by atoms with Gasteiger partial charge in [0.05, 0.1) is 48.3 Å². The minimum Gasteiger partial charge on any atom is -0.492 e. The van der Waals surface area contributed by atoms with Crippen molar-refractivity contribution in [3.63, 3.8) is 0 Å². The molecule has 0 radical (unpaired) electrons. The van der Waals surface area contributed by atoms with Gasteiger partial charge in [-0.05, 0) is 68.7 Å². The molecule has 11 heteroatoms. The van der Waals surface area contributed by atoms with Crippen molar-refractivity contribution in [2.45, 2.75) is 51.5 Å². The minimum atomic E-state index is -0.419. The van der Waals surface area contributed by atoms with Gasteiger partial charge < -0.3 is 10.1 Å². The van der Waals surface area contributed by atoms with Crippen molar-refractivity contribution < 1.29 is 13.9 Å². The van der Waals surface area contributed by atoms with Crippen molar-refractivity contribution in [1.29, 1.82) is 0 Å². The third-order valence-electron chi connectivity index (χ3n) is 7.40. The van der Waals surface area contributed by atoms with Crippen LogP contribution in [-0.2, 0) is 4.79 Å². The number of H-pyrrole nitrogens is 1. The quantitative estimate of drug-likeness (QED) is 0.330. The summed E-state index contributed by atoms with van der Waals surface area (Å²) in [4.78, 5) is 17.5. The normalized spacial score (nSPS) is 18.6. The van der Waals surface area contributed by atoms with Crippen LogP contribution in [0, 0.1) is 11.7 Å². The number of rotatable bonds is 7. The SMILES string of the molecule is CCOc1cc(C2CCC(C(=O)N[C@@H](C)c3ccc(-n4cc(F)cn4)nc3)CC2)c2c3cn[nH]c3nn2c1. The third-order valence-corrected chi connectivity index (χ3v) is 7.40. The number of aromatic nitrogens is 7. The molecule has 0 spiro atoms. The summed E-state index contributed by atoms with van der Waals surface area (Å²) < 4.78 is 22.3. The van der Waals surface area contributed by atoms with Crippen LogP contribution in [0.5, 0.6) is 5.75 Å². The second-order valence-corrected chi connectivity index (χ2v) is 9.82. The highest BCUT2D eigenvalue weighted by Crippen LogP contribution is 2.40. The lowest BCUT2D eigenvalue weighted by Gasteiger charge is -2.29. The first-order valence-electron chi connectivity index (χ1n) is 12.9. The lowest BCUT2D eigenvalue weighted by atomic mass is 9.78. The monoisotopic (exact) mass is 516 g/mol. The van der Waals surface area contributed by atoms with Gasteiger partial charge in [0.15, 0.2) is 17.3 Å². The van der Waals surface area contributed by atoms with Gasteiger partial charge in [0.2, 0.25) is 5.91 Å². The molecule has 10 nitrogen and oxygen atoms in total. The van der Waals surface area contributed by atoms with Gasteiger partial charge in [-0.3, -0.25) is 9.89 Å². The van der Waals surface area contributed by atoms with Gasteiger partial charge >= 0.3 is 0 Å². The van der Waals surface area contributed by atoms with Crippen LogP contribution in [0.4, 0.5) is 4.39 Å². The molecule has 1 fully saturated rings. The zero-order valence-electron chi connectivity index (χ0n) is 21.3. The Hall–Kier alpha value is -4.28. The first-order chi connectivity index (χ1) is 18.5. The summed E-state index contributed by atoms with van der Waals surface area (Å²) in [7, 11) is 0. The van der Waals surface area contributed by atoms with Gasteiger partial charge in [-0.2, -0.15) is 10.2 Å². The number of aromatic amines is 1. The largest absolute Gasteiger partial charge is 0.492 e. The van der Waals surface area contributed by atoms with E-state index in [2.05, 4.69) is 36.8 Å².